The highest BCUT2D eigenvalue weighted by atomic mass is 19.4. The van der Waals surface area contributed by atoms with Crippen LogP contribution in [0.15, 0.2) is 0 Å². The first kappa shape index (κ1) is 11.8. The van der Waals surface area contributed by atoms with E-state index in [0.717, 1.165) is 0 Å². The molecule has 0 aliphatic heterocycles. The highest BCUT2D eigenvalue weighted by molar-refractivity contribution is 5.07. The smallest absolute Gasteiger partial charge is 0.378 e. The predicted octanol–water partition coefficient (Wildman–Crippen LogP) is 2.10. The van der Waals surface area contributed by atoms with Gasteiger partial charge in [-0.05, 0) is 13.5 Å². The standard InChI is InChI=1S/C9H16F3NO/c1-3-13-8(9(10,11)12)5-7(6-8)14-4-2/h7,13H,3-6H2,1-2H3. The Morgan fingerprint density at radius 2 is 1.93 bits per heavy atom. The zero-order valence-electron chi connectivity index (χ0n) is 8.45. The van der Waals surface area contributed by atoms with Gasteiger partial charge in [0, 0.05) is 19.4 Å². The second-order valence-corrected chi connectivity index (χ2v) is 3.60. The lowest BCUT2D eigenvalue weighted by Crippen LogP contribution is -2.66. The zero-order valence-corrected chi connectivity index (χ0v) is 8.45. The number of ether oxygens (including phenoxy) is 1. The van der Waals surface area contributed by atoms with Crippen LogP contribution in [0.3, 0.4) is 0 Å². The van der Waals surface area contributed by atoms with Crippen LogP contribution in [0.25, 0.3) is 0 Å². The van der Waals surface area contributed by atoms with Gasteiger partial charge in [-0.1, -0.05) is 6.92 Å². The Balaban J connectivity index is 2.53. The number of rotatable bonds is 4. The molecular weight excluding hydrogens is 195 g/mol. The first-order valence-corrected chi connectivity index (χ1v) is 4.88. The molecule has 2 nitrogen and oxygen atoms in total. The van der Waals surface area contributed by atoms with Crippen molar-refractivity contribution in [1.29, 1.82) is 0 Å². The minimum absolute atomic E-state index is 0.0399. The van der Waals surface area contributed by atoms with Gasteiger partial charge >= 0.3 is 6.18 Å². The van der Waals surface area contributed by atoms with Crippen molar-refractivity contribution in [2.75, 3.05) is 13.2 Å². The number of alkyl halides is 3. The fraction of sp³-hybridized carbons (Fsp3) is 1.00. The molecule has 0 unspecified atom stereocenters. The summed E-state index contributed by atoms with van der Waals surface area (Å²) in [4.78, 5) is 0. The third kappa shape index (κ3) is 2.03. The molecular formula is C9H16F3NO. The summed E-state index contributed by atoms with van der Waals surface area (Å²) < 4.78 is 43.1. The Morgan fingerprint density at radius 1 is 1.36 bits per heavy atom. The lowest BCUT2D eigenvalue weighted by Gasteiger charge is -2.48. The molecule has 0 spiro atoms. The summed E-state index contributed by atoms with van der Waals surface area (Å²) in [6.45, 7) is 4.28. The summed E-state index contributed by atoms with van der Waals surface area (Å²) >= 11 is 0. The number of nitrogens with one attached hydrogen (secondary N) is 1. The van der Waals surface area contributed by atoms with E-state index in [9.17, 15) is 13.2 Å². The summed E-state index contributed by atoms with van der Waals surface area (Å²) in [5.74, 6) is 0. The molecule has 1 aliphatic carbocycles. The van der Waals surface area contributed by atoms with Gasteiger partial charge in [0.2, 0.25) is 0 Å². The molecule has 1 N–H and O–H groups in total. The second-order valence-electron chi connectivity index (χ2n) is 3.60. The first-order valence-electron chi connectivity index (χ1n) is 4.88. The zero-order chi connectivity index (χ0) is 10.8. The third-order valence-corrected chi connectivity index (χ3v) is 2.61. The minimum atomic E-state index is -4.17. The van der Waals surface area contributed by atoms with E-state index >= 15 is 0 Å². The van der Waals surface area contributed by atoms with E-state index in [4.69, 9.17) is 4.74 Å². The molecule has 1 aliphatic rings. The van der Waals surface area contributed by atoms with Gasteiger partial charge in [-0.3, -0.25) is 0 Å². The fourth-order valence-electron chi connectivity index (χ4n) is 1.89. The van der Waals surface area contributed by atoms with Crippen LogP contribution in [0.5, 0.6) is 0 Å². The van der Waals surface area contributed by atoms with Crippen LogP contribution in [0.1, 0.15) is 26.7 Å². The number of hydrogen-bond donors (Lipinski definition) is 1. The summed E-state index contributed by atoms with van der Waals surface area (Å²) in [6.07, 6.45) is -4.33. The molecule has 0 aromatic heterocycles. The van der Waals surface area contributed by atoms with Crippen molar-refractivity contribution >= 4 is 0 Å². The fourth-order valence-corrected chi connectivity index (χ4v) is 1.89. The normalized spacial score (nSPS) is 32.8. The van der Waals surface area contributed by atoms with Crippen molar-refractivity contribution in [3.63, 3.8) is 0 Å². The first-order chi connectivity index (χ1) is 6.45. The molecule has 0 bridgehead atoms. The maximum absolute atomic E-state index is 12.6. The Labute approximate surface area is 81.8 Å². The van der Waals surface area contributed by atoms with E-state index in [-0.39, 0.29) is 18.9 Å². The molecule has 0 amide bonds. The van der Waals surface area contributed by atoms with Crippen LogP contribution in [0.2, 0.25) is 0 Å². The maximum Gasteiger partial charge on any atom is 0.406 e. The van der Waals surface area contributed by atoms with Gasteiger partial charge < -0.3 is 10.1 Å². The van der Waals surface area contributed by atoms with Crippen LogP contribution in [-0.2, 0) is 4.74 Å². The number of halogens is 3. The van der Waals surface area contributed by atoms with Crippen LogP contribution in [0, 0.1) is 0 Å². The third-order valence-electron chi connectivity index (χ3n) is 2.61. The highest BCUT2D eigenvalue weighted by Gasteiger charge is 2.61. The van der Waals surface area contributed by atoms with Crippen molar-refractivity contribution in [2.24, 2.45) is 0 Å². The molecule has 0 aromatic rings. The molecule has 1 rings (SSSR count). The largest absolute Gasteiger partial charge is 0.406 e. The Kier molecular flexibility index (Phi) is 3.42. The van der Waals surface area contributed by atoms with Crippen molar-refractivity contribution in [3.8, 4) is 0 Å². The second kappa shape index (κ2) is 4.06. The Hall–Kier alpha value is -0.290. The molecule has 14 heavy (non-hydrogen) atoms. The topological polar surface area (TPSA) is 21.3 Å². The van der Waals surface area contributed by atoms with Gasteiger partial charge in [0.05, 0.1) is 6.10 Å². The lowest BCUT2D eigenvalue weighted by atomic mass is 9.73. The van der Waals surface area contributed by atoms with Gasteiger partial charge in [0.25, 0.3) is 0 Å². The van der Waals surface area contributed by atoms with E-state index < -0.39 is 11.7 Å². The monoisotopic (exact) mass is 211 g/mol. The lowest BCUT2D eigenvalue weighted by molar-refractivity contribution is -0.244. The van der Waals surface area contributed by atoms with Crippen LogP contribution in [-0.4, -0.2) is 31.0 Å². The molecule has 5 heteroatoms. The summed E-state index contributed by atoms with van der Waals surface area (Å²) in [7, 11) is 0. The van der Waals surface area contributed by atoms with Crippen molar-refractivity contribution < 1.29 is 17.9 Å². The average Bonchev–Trinajstić information content (AvgIpc) is 1.98. The van der Waals surface area contributed by atoms with Gasteiger partial charge in [-0.25, -0.2) is 0 Å². The highest BCUT2D eigenvalue weighted by Crippen LogP contribution is 2.46. The molecule has 1 saturated carbocycles. The maximum atomic E-state index is 12.6. The van der Waals surface area contributed by atoms with Crippen LogP contribution < -0.4 is 5.32 Å². The van der Waals surface area contributed by atoms with E-state index in [0.29, 0.717) is 13.2 Å². The molecule has 1 fully saturated rings. The SMILES string of the molecule is CCNC1(C(F)(F)F)CC(OCC)C1. The summed E-state index contributed by atoms with van der Waals surface area (Å²) in [5.41, 5.74) is -1.69. The van der Waals surface area contributed by atoms with Gasteiger partial charge in [-0.2, -0.15) is 13.2 Å². The molecule has 0 aromatic carbocycles. The van der Waals surface area contributed by atoms with Gasteiger partial charge in [0.1, 0.15) is 5.54 Å². The molecule has 0 atom stereocenters. The van der Waals surface area contributed by atoms with E-state index in [1.165, 1.54) is 0 Å². The molecule has 84 valence electrons. The van der Waals surface area contributed by atoms with Crippen molar-refractivity contribution in [3.05, 3.63) is 0 Å². The molecule has 0 saturated heterocycles. The molecule has 0 radical (unpaired) electrons. The average molecular weight is 211 g/mol. The van der Waals surface area contributed by atoms with E-state index in [1.54, 1.807) is 13.8 Å². The van der Waals surface area contributed by atoms with Gasteiger partial charge in [0.15, 0.2) is 0 Å². The minimum Gasteiger partial charge on any atom is -0.378 e. The van der Waals surface area contributed by atoms with Crippen molar-refractivity contribution in [1.82, 2.24) is 5.32 Å². The number of hydrogen-bond acceptors (Lipinski definition) is 2. The van der Waals surface area contributed by atoms with Gasteiger partial charge in [-0.15, -0.1) is 0 Å². The van der Waals surface area contributed by atoms with Crippen LogP contribution in [0.4, 0.5) is 13.2 Å². The van der Waals surface area contributed by atoms with E-state index in [2.05, 4.69) is 5.32 Å². The molecule has 0 heterocycles. The Bertz CT molecular complexity index is 187. The van der Waals surface area contributed by atoms with Crippen LogP contribution >= 0.6 is 0 Å². The quantitative estimate of drug-likeness (QED) is 0.768. The predicted molar refractivity (Wildman–Crippen MR) is 47.1 cm³/mol. The van der Waals surface area contributed by atoms with Crippen molar-refractivity contribution in [2.45, 2.75) is 44.5 Å². The summed E-state index contributed by atoms with van der Waals surface area (Å²) in [5, 5.41) is 2.52. The Morgan fingerprint density at radius 3 is 2.29 bits per heavy atom. The van der Waals surface area contributed by atoms with E-state index in [1.807, 2.05) is 0 Å². The summed E-state index contributed by atoms with van der Waals surface area (Å²) in [6, 6.07) is 0.